The van der Waals surface area contributed by atoms with Crippen molar-refractivity contribution in [2.24, 2.45) is 0 Å². The van der Waals surface area contributed by atoms with Crippen molar-refractivity contribution < 1.29 is 0 Å². The summed E-state index contributed by atoms with van der Waals surface area (Å²) in [5.41, 5.74) is 3.81. The second-order valence-electron chi connectivity index (χ2n) is 8.19. The molecule has 2 N–H and O–H groups in total. The predicted octanol–water partition coefficient (Wildman–Crippen LogP) is 4.62. The van der Waals surface area contributed by atoms with E-state index in [2.05, 4.69) is 53.0 Å². The van der Waals surface area contributed by atoms with Gasteiger partial charge in [0.25, 0.3) is 5.56 Å². The molecule has 0 aliphatic heterocycles. The van der Waals surface area contributed by atoms with Crippen molar-refractivity contribution in [3.63, 3.8) is 0 Å². The first kappa shape index (κ1) is 24.0. The molecule has 0 saturated heterocycles. The third-order valence-electron chi connectivity index (χ3n) is 6.03. The molecule has 1 atom stereocenters. The van der Waals surface area contributed by atoms with Gasteiger partial charge < -0.3 is 20.1 Å². The third kappa shape index (κ3) is 5.96. The van der Waals surface area contributed by atoms with E-state index in [-0.39, 0.29) is 11.6 Å². The van der Waals surface area contributed by atoms with Crippen molar-refractivity contribution in [3.8, 4) is 0 Å². The monoisotopic (exact) mass is 450 g/mol. The van der Waals surface area contributed by atoms with Crippen LogP contribution in [0.4, 0.5) is 0 Å². The maximum Gasteiger partial charge on any atom is 0.253 e. The molecule has 0 fully saturated rings. The Bertz CT molecular complexity index is 1090. The predicted molar refractivity (Wildman–Crippen MR) is 138 cm³/mol. The van der Waals surface area contributed by atoms with Gasteiger partial charge in [0.05, 0.1) is 18.1 Å². The number of H-pyrrole nitrogens is 1. The number of para-hydroxylation sites is 1. The highest BCUT2D eigenvalue weighted by Crippen LogP contribution is 2.17. The van der Waals surface area contributed by atoms with Crippen molar-refractivity contribution >= 4 is 28.2 Å². The van der Waals surface area contributed by atoms with E-state index < -0.39 is 0 Å². The molecule has 2 aromatic carbocycles. The van der Waals surface area contributed by atoms with Crippen molar-refractivity contribution in [1.82, 2.24) is 20.1 Å². The Morgan fingerprint density at radius 1 is 1.06 bits per heavy atom. The van der Waals surface area contributed by atoms with Crippen LogP contribution in [0, 0.1) is 6.92 Å². The lowest BCUT2D eigenvalue weighted by Crippen LogP contribution is -2.44. The van der Waals surface area contributed by atoms with Crippen molar-refractivity contribution in [2.75, 3.05) is 26.2 Å². The summed E-state index contributed by atoms with van der Waals surface area (Å²) >= 11 is 5.82. The minimum Gasteiger partial charge on any atom is -0.356 e. The average Bonchev–Trinajstić information content (AvgIpc) is 2.80. The fourth-order valence-electron chi connectivity index (χ4n) is 3.91. The quantitative estimate of drug-likeness (QED) is 0.466. The minimum atomic E-state index is -0.0569. The number of likely N-dealkylation sites (N-methyl/N-ethyl adjacent to an activating group) is 1. The zero-order valence-electron chi connectivity index (χ0n) is 19.5. The lowest BCUT2D eigenvalue weighted by Gasteiger charge is -2.30. The number of hydrogen-bond donors (Lipinski definition) is 2. The van der Waals surface area contributed by atoms with E-state index in [9.17, 15) is 4.79 Å². The van der Waals surface area contributed by atoms with Crippen LogP contribution in [0.2, 0.25) is 0 Å². The number of aryl methyl sites for hydroxylation is 1. The first-order valence-corrected chi connectivity index (χ1v) is 11.8. The molecule has 1 heterocycles. The Morgan fingerprint density at radius 2 is 1.78 bits per heavy atom. The number of thiocarbonyl (C=S) groups is 1. The summed E-state index contributed by atoms with van der Waals surface area (Å²) in [6.07, 6.45) is 0. The molecule has 1 aromatic heterocycles. The Kier molecular flexibility index (Phi) is 8.42. The van der Waals surface area contributed by atoms with E-state index in [4.69, 9.17) is 12.2 Å². The lowest BCUT2D eigenvalue weighted by molar-refractivity contribution is 0.262. The summed E-state index contributed by atoms with van der Waals surface area (Å²) in [5, 5.41) is 5.17. The molecule has 0 aliphatic carbocycles. The molecule has 0 spiro atoms. The van der Waals surface area contributed by atoms with E-state index in [1.165, 1.54) is 5.56 Å². The van der Waals surface area contributed by atoms with Gasteiger partial charge in [-0.15, -0.1) is 0 Å². The van der Waals surface area contributed by atoms with Crippen LogP contribution in [0.5, 0.6) is 0 Å². The lowest BCUT2D eigenvalue weighted by atomic mass is 10.1. The second kappa shape index (κ2) is 11.2. The van der Waals surface area contributed by atoms with Gasteiger partial charge in [0.2, 0.25) is 0 Å². The summed E-state index contributed by atoms with van der Waals surface area (Å²) in [4.78, 5) is 20.4. The number of nitrogens with one attached hydrogen (secondary N) is 2. The highest BCUT2D eigenvalue weighted by atomic mass is 32.1. The van der Waals surface area contributed by atoms with Gasteiger partial charge in [-0.2, -0.15) is 0 Å². The molecular formula is C26H34N4OS. The van der Waals surface area contributed by atoms with Crippen LogP contribution >= 0.6 is 12.2 Å². The standard InChI is InChI=1S/C26H34N4OS/c1-5-29(6-2)15-16-30(26(32)27-20(4)21-12-8-7-9-13-21)18-23-17-22-14-10-11-19(3)24(22)28-25(23)31/h7-14,17,20H,5-6,15-16,18H2,1-4H3,(H,27,32)(H,28,31)/t20-/m0/s1. The number of pyridine rings is 1. The Balaban J connectivity index is 1.83. The van der Waals surface area contributed by atoms with Crippen molar-refractivity contribution in [1.29, 1.82) is 0 Å². The SMILES string of the molecule is CCN(CC)CCN(Cc1cc2cccc(C)c2[nH]c1=O)C(=S)N[C@@H](C)c1ccccc1. The topological polar surface area (TPSA) is 51.4 Å². The summed E-state index contributed by atoms with van der Waals surface area (Å²) < 4.78 is 0. The molecule has 0 amide bonds. The van der Waals surface area contributed by atoms with Crippen LogP contribution in [-0.4, -0.2) is 46.1 Å². The largest absolute Gasteiger partial charge is 0.356 e. The summed E-state index contributed by atoms with van der Waals surface area (Å²) in [6, 6.07) is 18.4. The number of rotatable bonds is 9. The van der Waals surface area contributed by atoms with Gasteiger partial charge in [0, 0.05) is 18.7 Å². The van der Waals surface area contributed by atoms with Crippen LogP contribution in [0.25, 0.3) is 10.9 Å². The van der Waals surface area contributed by atoms with Gasteiger partial charge in [-0.3, -0.25) is 4.79 Å². The van der Waals surface area contributed by atoms with E-state index >= 15 is 0 Å². The van der Waals surface area contributed by atoms with Crippen molar-refractivity contribution in [3.05, 3.63) is 81.6 Å². The molecule has 170 valence electrons. The molecular weight excluding hydrogens is 416 g/mol. The Morgan fingerprint density at radius 3 is 2.47 bits per heavy atom. The molecule has 0 aliphatic rings. The molecule has 0 saturated carbocycles. The fourth-order valence-corrected chi connectivity index (χ4v) is 4.24. The molecule has 0 radical (unpaired) electrons. The molecule has 5 nitrogen and oxygen atoms in total. The highest BCUT2D eigenvalue weighted by molar-refractivity contribution is 7.80. The minimum absolute atomic E-state index is 0.0569. The number of benzene rings is 2. The van der Waals surface area contributed by atoms with Gasteiger partial charge in [-0.1, -0.05) is 62.4 Å². The smallest absolute Gasteiger partial charge is 0.253 e. The number of aromatic amines is 1. The van der Waals surface area contributed by atoms with Crippen LogP contribution < -0.4 is 10.9 Å². The summed E-state index contributed by atoms with van der Waals surface area (Å²) in [6.45, 7) is 12.5. The molecule has 0 unspecified atom stereocenters. The third-order valence-corrected chi connectivity index (χ3v) is 6.41. The van der Waals surface area contributed by atoms with E-state index in [1.807, 2.05) is 49.4 Å². The molecule has 0 bridgehead atoms. The molecule has 32 heavy (non-hydrogen) atoms. The fraction of sp³-hybridized carbons (Fsp3) is 0.385. The van der Waals surface area contributed by atoms with Gasteiger partial charge in [-0.25, -0.2) is 0 Å². The van der Waals surface area contributed by atoms with Gasteiger partial charge in [-0.05, 0) is 61.7 Å². The normalized spacial score (nSPS) is 12.2. The highest BCUT2D eigenvalue weighted by Gasteiger charge is 2.17. The Labute approximate surface area is 196 Å². The summed E-state index contributed by atoms with van der Waals surface area (Å²) in [7, 11) is 0. The van der Waals surface area contributed by atoms with Gasteiger partial charge in [0.15, 0.2) is 5.11 Å². The average molecular weight is 451 g/mol. The van der Waals surface area contributed by atoms with Gasteiger partial charge in [0.1, 0.15) is 0 Å². The maximum atomic E-state index is 12.9. The zero-order chi connectivity index (χ0) is 23.1. The Hall–Kier alpha value is -2.70. The number of aromatic nitrogens is 1. The number of nitrogens with zero attached hydrogens (tertiary/aromatic N) is 2. The van der Waals surface area contributed by atoms with Crippen LogP contribution in [0.15, 0.2) is 59.4 Å². The van der Waals surface area contributed by atoms with Crippen LogP contribution in [0.3, 0.4) is 0 Å². The zero-order valence-corrected chi connectivity index (χ0v) is 20.3. The van der Waals surface area contributed by atoms with Gasteiger partial charge >= 0.3 is 0 Å². The molecule has 3 aromatic rings. The molecule has 6 heteroatoms. The van der Waals surface area contributed by atoms with E-state index in [1.54, 1.807) is 0 Å². The first-order chi connectivity index (χ1) is 15.4. The van der Waals surface area contributed by atoms with Crippen LogP contribution in [0.1, 0.15) is 43.5 Å². The number of hydrogen-bond acceptors (Lipinski definition) is 3. The first-order valence-electron chi connectivity index (χ1n) is 11.4. The van der Waals surface area contributed by atoms with Crippen molar-refractivity contribution in [2.45, 2.75) is 40.3 Å². The number of fused-ring (bicyclic) bond motifs is 1. The van der Waals surface area contributed by atoms with E-state index in [0.29, 0.717) is 11.7 Å². The second-order valence-corrected chi connectivity index (χ2v) is 8.58. The molecule has 3 rings (SSSR count). The van der Waals surface area contributed by atoms with Crippen LogP contribution in [-0.2, 0) is 6.54 Å². The maximum absolute atomic E-state index is 12.9. The summed E-state index contributed by atoms with van der Waals surface area (Å²) in [5.74, 6) is 0. The van der Waals surface area contributed by atoms with E-state index in [0.717, 1.165) is 48.2 Å².